The van der Waals surface area contributed by atoms with Gasteiger partial charge in [-0.3, -0.25) is 4.79 Å². The first-order valence-corrected chi connectivity index (χ1v) is 8.78. The van der Waals surface area contributed by atoms with Crippen molar-refractivity contribution in [1.82, 2.24) is 9.55 Å². The number of hydrogen-bond acceptors (Lipinski definition) is 5. The maximum absolute atomic E-state index is 12.6. The van der Waals surface area contributed by atoms with E-state index >= 15 is 0 Å². The molecule has 6 nitrogen and oxygen atoms in total. The molecule has 28 heavy (non-hydrogen) atoms. The lowest BCUT2D eigenvalue weighted by molar-refractivity contribution is -0.0502. The number of alkyl halides is 2. The fourth-order valence-corrected chi connectivity index (χ4v) is 2.97. The van der Waals surface area contributed by atoms with Crippen LogP contribution in [0.25, 0.3) is 0 Å². The molecule has 1 heterocycles. The number of methoxy groups -OCH3 is 1. The van der Waals surface area contributed by atoms with Crippen LogP contribution in [0.15, 0.2) is 53.5 Å². The number of aromatic nitrogens is 2. The first-order valence-electron chi connectivity index (χ1n) is 8.78. The highest BCUT2D eigenvalue weighted by Gasteiger charge is 2.16. The van der Waals surface area contributed by atoms with E-state index in [9.17, 15) is 13.6 Å². The van der Waals surface area contributed by atoms with Gasteiger partial charge in [0.05, 0.1) is 13.3 Å². The highest BCUT2D eigenvalue weighted by Crippen LogP contribution is 2.29. The second-order valence-electron chi connectivity index (χ2n) is 6.33. The SMILES string of the molecule is COc1cn(CC2C=CC=CC2)c(Nc2cccc(OC(F)F)c2C)nc1=O. The van der Waals surface area contributed by atoms with E-state index in [1.165, 1.54) is 13.2 Å². The summed E-state index contributed by atoms with van der Waals surface area (Å²) in [7, 11) is 1.41. The summed E-state index contributed by atoms with van der Waals surface area (Å²) in [5.41, 5.74) is 0.487. The van der Waals surface area contributed by atoms with Gasteiger partial charge in [-0.05, 0) is 31.4 Å². The Balaban J connectivity index is 1.94. The molecule has 1 aromatic heterocycles. The fourth-order valence-electron chi connectivity index (χ4n) is 2.97. The van der Waals surface area contributed by atoms with Crippen LogP contribution >= 0.6 is 0 Å². The molecular formula is C20H21F2N3O3. The van der Waals surface area contributed by atoms with Crippen molar-refractivity contribution in [2.24, 2.45) is 5.92 Å². The Morgan fingerprint density at radius 2 is 2.14 bits per heavy atom. The number of ether oxygens (including phenoxy) is 2. The van der Waals surface area contributed by atoms with Crippen molar-refractivity contribution >= 4 is 11.6 Å². The summed E-state index contributed by atoms with van der Waals surface area (Å²) in [6.45, 7) is -0.697. The van der Waals surface area contributed by atoms with E-state index in [-0.39, 0.29) is 17.4 Å². The van der Waals surface area contributed by atoms with E-state index in [1.807, 2.05) is 12.2 Å². The average molecular weight is 389 g/mol. The molecule has 148 valence electrons. The molecule has 0 bridgehead atoms. The van der Waals surface area contributed by atoms with Gasteiger partial charge in [0.2, 0.25) is 11.7 Å². The van der Waals surface area contributed by atoms with E-state index in [4.69, 9.17) is 4.74 Å². The van der Waals surface area contributed by atoms with Gasteiger partial charge < -0.3 is 19.4 Å². The van der Waals surface area contributed by atoms with Crippen LogP contribution in [-0.4, -0.2) is 23.3 Å². The molecule has 1 atom stereocenters. The van der Waals surface area contributed by atoms with Crippen molar-refractivity contribution in [3.8, 4) is 11.5 Å². The van der Waals surface area contributed by atoms with Crippen molar-refractivity contribution in [3.05, 3.63) is 64.6 Å². The van der Waals surface area contributed by atoms with E-state index in [0.29, 0.717) is 23.7 Å². The predicted octanol–water partition coefficient (Wildman–Crippen LogP) is 4.04. The molecule has 1 N–H and O–H groups in total. The number of rotatable bonds is 7. The van der Waals surface area contributed by atoms with Crippen molar-refractivity contribution in [2.75, 3.05) is 12.4 Å². The third-order valence-corrected chi connectivity index (χ3v) is 4.43. The van der Waals surface area contributed by atoms with Crippen LogP contribution in [0.4, 0.5) is 20.4 Å². The summed E-state index contributed by atoms with van der Waals surface area (Å²) >= 11 is 0. The summed E-state index contributed by atoms with van der Waals surface area (Å²) in [5.74, 6) is 0.718. The molecule has 1 unspecified atom stereocenters. The van der Waals surface area contributed by atoms with Crippen LogP contribution in [0, 0.1) is 12.8 Å². The second kappa shape index (κ2) is 8.69. The number of allylic oxidation sites excluding steroid dienone is 4. The zero-order valence-electron chi connectivity index (χ0n) is 15.6. The lowest BCUT2D eigenvalue weighted by Crippen LogP contribution is -2.21. The van der Waals surface area contributed by atoms with Gasteiger partial charge >= 0.3 is 12.2 Å². The number of halogens is 2. The topological polar surface area (TPSA) is 65.4 Å². The zero-order valence-corrected chi connectivity index (χ0v) is 15.6. The molecule has 0 radical (unpaired) electrons. The Hall–Kier alpha value is -3.16. The largest absolute Gasteiger partial charge is 0.490 e. The highest BCUT2D eigenvalue weighted by molar-refractivity contribution is 5.62. The summed E-state index contributed by atoms with van der Waals surface area (Å²) in [6, 6.07) is 4.76. The summed E-state index contributed by atoms with van der Waals surface area (Å²) < 4.78 is 36.6. The van der Waals surface area contributed by atoms with E-state index < -0.39 is 12.2 Å². The van der Waals surface area contributed by atoms with Gasteiger partial charge in [0.25, 0.3) is 0 Å². The van der Waals surface area contributed by atoms with Crippen LogP contribution in [0.5, 0.6) is 11.5 Å². The first-order chi connectivity index (χ1) is 13.5. The van der Waals surface area contributed by atoms with Crippen LogP contribution in [0.2, 0.25) is 0 Å². The summed E-state index contributed by atoms with van der Waals surface area (Å²) in [5, 5.41) is 3.07. The summed E-state index contributed by atoms with van der Waals surface area (Å²) in [6.07, 6.45) is 10.6. The summed E-state index contributed by atoms with van der Waals surface area (Å²) in [4.78, 5) is 16.2. The van der Waals surface area contributed by atoms with Crippen LogP contribution in [-0.2, 0) is 6.54 Å². The predicted molar refractivity (Wildman–Crippen MR) is 103 cm³/mol. The van der Waals surface area contributed by atoms with Crippen molar-refractivity contribution in [1.29, 1.82) is 0 Å². The molecule has 2 aromatic rings. The maximum Gasteiger partial charge on any atom is 0.387 e. The first kappa shape index (κ1) is 19.6. The standard InChI is InChI=1S/C20H21F2N3O3/c1-13-15(9-6-10-16(13)28-19(21)22)23-20-24-18(26)17(27-2)12-25(20)11-14-7-4-3-5-8-14/h3-7,9-10,12,14,19H,8,11H2,1-2H3,(H,23,24,26). The Morgan fingerprint density at radius 3 is 2.82 bits per heavy atom. The zero-order chi connectivity index (χ0) is 20.1. The number of anilines is 2. The van der Waals surface area contributed by atoms with Gasteiger partial charge in [-0.15, -0.1) is 0 Å². The molecule has 1 aliphatic carbocycles. The molecule has 0 aliphatic heterocycles. The lowest BCUT2D eigenvalue weighted by atomic mass is 10.0. The van der Waals surface area contributed by atoms with Crippen molar-refractivity contribution < 1.29 is 18.3 Å². The molecule has 0 spiro atoms. The average Bonchev–Trinajstić information content (AvgIpc) is 2.67. The molecule has 0 amide bonds. The molecule has 3 rings (SSSR count). The van der Waals surface area contributed by atoms with Gasteiger partial charge in [-0.25, -0.2) is 0 Å². The molecule has 0 fully saturated rings. The van der Waals surface area contributed by atoms with Gasteiger partial charge in [0.1, 0.15) is 5.75 Å². The minimum atomic E-state index is -2.92. The highest BCUT2D eigenvalue weighted by atomic mass is 19.3. The molecule has 8 heteroatoms. The smallest absolute Gasteiger partial charge is 0.387 e. The third-order valence-electron chi connectivity index (χ3n) is 4.43. The minimum absolute atomic E-state index is 0.0581. The number of benzene rings is 1. The van der Waals surface area contributed by atoms with Crippen molar-refractivity contribution in [3.63, 3.8) is 0 Å². The van der Waals surface area contributed by atoms with E-state index in [2.05, 4.69) is 27.2 Å². The second-order valence-corrected chi connectivity index (χ2v) is 6.33. The molecular weight excluding hydrogens is 368 g/mol. The Kier molecular flexibility index (Phi) is 6.08. The van der Waals surface area contributed by atoms with E-state index in [1.54, 1.807) is 29.8 Å². The Morgan fingerprint density at radius 1 is 1.32 bits per heavy atom. The van der Waals surface area contributed by atoms with E-state index in [0.717, 1.165) is 6.42 Å². The normalized spacial score (nSPS) is 15.7. The van der Waals surface area contributed by atoms with Crippen LogP contribution < -0.4 is 20.3 Å². The molecule has 0 saturated carbocycles. The lowest BCUT2D eigenvalue weighted by Gasteiger charge is -2.20. The minimum Gasteiger partial charge on any atom is -0.490 e. The van der Waals surface area contributed by atoms with Crippen LogP contribution in [0.3, 0.4) is 0 Å². The molecule has 1 aliphatic rings. The Labute approximate surface area is 161 Å². The van der Waals surface area contributed by atoms with Gasteiger partial charge in [-0.2, -0.15) is 13.8 Å². The quantitative estimate of drug-likeness (QED) is 0.774. The van der Waals surface area contributed by atoms with Gasteiger partial charge in [0, 0.05) is 17.8 Å². The maximum atomic E-state index is 12.6. The monoisotopic (exact) mass is 389 g/mol. The van der Waals surface area contributed by atoms with Gasteiger partial charge in [-0.1, -0.05) is 30.4 Å². The Bertz CT molecular complexity index is 954. The van der Waals surface area contributed by atoms with Crippen LogP contribution in [0.1, 0.15) is 12.0 Å². The molecule has 1 aromatic carbocycles. The number of nitrogens with zero attached hydrogens (tertiary/aromatic N) is 2. The number of nitrogens with one attached hydrogen (secondary N) is 1. The van der Waals surface area contributed by atoms with Gasteiger partial charge in [0.15, 0.2) is 0 Å². The molecule has 0 saturated heterocycles. The number of hydrogen-bond donors (Lipinski definition) is 1. The van der Waals surface area contributed by atoms with Crippen molar-refractivity contribution in [2.45, 2.75) is 26.5 Å². The fraction of sp³-hybridized carbons (Fsp3) is 0.300. The third kappa shape index (κ3) is 4.57.